The molecule has 1 heterocycles. The number of carbonyl (C=O) groups excluding carboxylic acids is 1. The van der Waals surface area contributed by atoms with E-state index in [9.17, 15) is 9.18 Å². The number of H-pyrrole nitrogens is 1. The second-order valence-electron chi connectivity index (χ2n) is 7.62. The van der Waals surface area contributed by atoms with Gasteiger partial charge in [-0.25, -0.2) is 4.39 Å². The van der Waals surface area contributed by atoms with E-state index in [-0.39, 0.29) is 11.7 Å². The molecule has 6 nitrogen and oxygen atoms in total. The molecule has 0 aliphatic carbocycles. The number of hydrogen-bond donors (Lipinski definition) is 1. The van der Waals surface area contributed by atoms with Gasteiger partial charge in [0.15, 0.2) is 11.5 Å². The second-order valence-corrected chi connectivity index (χ2v) is 7.62. The maximum absolute atomic E-state index is 13.4. The van der Waals surface area contributed by atoms with Gasteiger partial charge in [-0.2, -0.15) is 5.10 Å². The van der Waals surface area contributed by atoms with Crippen LogP contribution in [0.25, 0.3) is 11.3 Å². The Morgan fingerprint density at radius 1 is 1.09 bits per heavy atom. The Labute approximate surface area is 188 Å². The molecule has 170 valence electrons. The van der Waals surface area contributed by atoms with Crippen LogP contribution in [0.4, 0.5) is 4.39 Å². The van der Waals surface area contributed by atoms with Crippen molar-refractivity contribution in [3.05, 3.63) is 65.6 Å². The van der Waals surface area contributed by atoms with E-state index in [0.29, 0.717) is 30.2 Å². The summed E-state index contributed by atoms with van der Waals surface area (Å²) >= 11 is 0. The minimum Gasteiger partial charge on any atom is -0.493 e. The largest absolute Gasteiger partial charge is 0.493 e. The lowest BCUT2D eigenvalue weighted by atomic mass is 10.1. The molecule has 0 aliphatic heterocycles. The van der Waals surface area contributed by atoms with Crippen LogP contribution in [0.1, 0.15) is 42.2 Å². The van der Waals surface area contributed by atoms with Crippen LogP contribution < -0.4 is 9.47 Å². The second kappa shape index (κ2) is 11.3. The number of unbranched alkanes of at least 4 members (excludes halogenated alkanes) is 2. The molecule has 0 saturated heterocycles. The fourth-order valence-corrected chi connectivity index (χ4v) is 3.52. The number of rotatable bonds is 11. The van der Waals surface area contributed by atoms with Gasteiger partial charge >= 0.3 is 0 Å². The van der Waals surface area contributed by atoms with Crippen LogP contribution in [-0.2, 0) is 6.42 Å². The molecule has 3 rings (SSSR count). The zero-order valence-electron chi connectivity index (χ0n) is 18.9. The Bertz CT molecular complexity index is 1030. The molecule has 0 aliphatic rings. The molecular weight excluding hydrogens is 409 g/mol. The number of aromatic amines is 1. The molecule has 1 amide bonds. The number of hydrogen-bond acceptors (Lipinski definition) is 4. The first kappa shape index (κ1) is 23.3. The van der Waals surface area contributed by atoms with Gasteiger partial charge in [0, 0.05) is 30.4 Å². The van der Waals surface area contributed by atoms with Gasteiger partial charge < -0.3 is 14.4 Å². The van der Waals surface area contributed by atoms with Crippen LogP contribution in [-0.4, -0.2) is 48.3 Å². The lowest BCUT2D eigenvalue weighted by Gasteiger charge is -2.18. The highest BCUT2D eigenvalue weighted by molar-refractivity contribution is 5.94. The van der Waals surface area contributed by atoms with Crippen molar-refractivity contribution in [1.29, 1.82) is 0 Å². The minimum absolute atomic E-state index is 0.0420. The van der Waals surface area contributed by atoms with Crippen molar-refractivity contribution < 1.29 is 18.7 Å². The molecule has 0 bridgehead atoms. The Morgan fingerprint density at radius 3 is 2.69 bits per heavy atom. The first-order valence-electron chi connectivity index (χ1n) is 10.9. The van der Waals surface area contributed by atoms with E-state index in [1.54, 1.807) is 36.3 Å². The molecule has 3 aromatic rings. The van der Waals surface area contributed by atoms with E-state index in [4.69, 9.17) is 9.47 Å². The van der Waals surface area contributed by atoms with Gasteiger partial charge in [-0.1, -0.05) is 18.6 Å². The summed E-state index contributed by atoms with van der Waals surface area (Å²) in [6.45, 7) is 3.11. The SMILES string of the molecule is CCOc1ccc(C(=O)N(C)CCCCCc2cc(-c3cccc(F)c3)n[nH]2)cc1OC. The van der Waals surface area contributed by atoms with Crippen molar-refractivity contribution in [2.24, 2.45) is 0 Å². The molecule has 0 atom stereocenters. The molecule has 7 heteroatoms. The monoisotopic (exact) mass is 439 g/mol. The van der Waals surface area contributed by atoms with Gasteiger partial charge in [-0.05, 0) is 62.6 Å². The van der Waals surface area contributed by atoms with Crippen molar-refractivity contribution in [3.8, 4) is 22.8 Å². The van der Waals surface area contributed by atoms with Gasteiger partial charge in [0.25, 0.3) is 5.91 Å². The highest BCUT2D eigenvalue weighted by Crippen LogP contribution is 2.28. The van der Waals surface area contributed by atoms with Crippen molar-refractivity contribution in [1.82, 2.24) is 15.1 Å². The Balaban J connectivity index is 1.43. The van der Waals surface area contributed by atoms with Gasteiger partial charge in [-0.3, -0.25) is 9.89 Å². The predicted molar refractivity (Wildman–Crippen MR) is 123 cm³/mol. The predicted octanol–water partition coefficient (Wildman–Crippen LogP) is 5.11. The third-order valence-electron chi connectivity index (χ3n) is 5.25. The van der Waals surface area contributed by atoms with Crippen LogP contribution in [0.15, 0.2) is 48.5 Å². The van der Waals surface area contributed by atoms with Crippen LogP contribution in [0.5, 0.6) is 11.5 Å². The van der Waals surface area contributed by atoms with Crippen LogP contribution >= 0.6 is 0 Å². The Morgan fingerprint density at radius 2 is 1.94 bits per heavy atom. The number of amides is 1. The molecule has 0 radical (unpaired) electrons. The third kappa shape index (κ3) is 6.09. The zero-order chi connectivity index (χ0) is 22.9. The summed E-state index contributed by atoms with van der Waals surface area (Å²) in [5.74, 6) is 0.880. The smallest absolute Gasteiger partial charge is 0.253 e. The summed E-state index contributed by atoms with van der Waals surface area (Å²) < 4.78 is 24.2. The fourth-order valence-electron chi connectivity index (χ4n) is 3.52. The van der Waals surface area contributed by atoms with Crippen molar-refractivity contribution >= 4 is 5.91 Å². The van der Waals surface area contributed by atoms with E-state index in [2.05, 4.69) is 10.2 Å². The average molecular weight is 440 g/mol. The lowest BCUT2D eigenvalue weighted by Crippen LogP contribution is -2.27. The average Bonchev–Trinajstić information content (AvgIpc) is 3.27. The quantitative estimate of drug-likeness (QED) is 0.422. The van der Waals surface area contributed by atoms with Gasteiger partial charge in [0.05, 0.1) is 19.4 Å². The van der Waals surface area contributed by atoms with Crippen LogP contribution in [0.2, 0.25) is 0 Å². The number of halogens is 1. The minimum atomic E-state index is -0.269. The molecule has 0 spiro atoms. The number of benzene rings is 2. The normalized spacial score (nSPS) is 10.8. The summed E-state index contributed by atoms with van der Waals surface area (Å²) in [5, 5.41) is 7.31. The maximum Gasteiger partial charge on any atom is 0.253 e. The number of ether oxygens (including phenoxy) is 2. The molecule has 1 N–H and O–H groups in total. The zero-order valence-corrected chi connectivity index (χ0v) is 18.9. The van der Waals surface area contributed by atoms with E-state index < -0.39 is 0 Å². The van der Waals surface area contributed by atoms with E-state index in [0.717, 1.165) is 42.6 Å². The summed E-state index contributed by atoms with van der Waals surface area (Å²) in [6.07, 6.45) is 3.72. The highest BCUT2D eigenvalue weighted by atomic mass is 19.1. The number of nitrogens with zero attached hydrogens (tertiary/aromatic N) is 2. The number of methoxy groups -OCH3 is 1. The summed E-state index contributed by atoms with van der Waals surface area (Å²) in [4.78, 5) is 14.4. The number of nitrogens with one attached hydrogen (secondary N) is 1. The molecule has 0 fully saturated rings. The Kier molecular flexibility index (Phi) is 8.25. The third-order valence-corrected chi connectivity index (χ3v) is 5.25. The molecule has 2 aromatic carbocycles. The molecule has 32 heavy (non-hydrogen) atoms. The van der Waals surface area contributed by atoms with Crippen molar-refractivity contribution in [3.63, 3.8) is 0 Å². The van der Waals surface area contributed by atoms with Crippen molar-refractivity contribution in [2.75, 3.05) is 27.3 Å². The Hall–Kier alpha value is -3.35. The first-order chi connectivity index (χ1) is 15.5. The highest BCUT2D eigenvalue weighted by Gasteiger charge is 2.15. The van der Waals surface area contributed by atoms with Gasteiger partial charge in [-0.15, -0.1) is 0 Å². The summed E-state index contributed by atoms with van der Waals surface area (Å²) in [6, 6.07) is 13.6. The molecule has 1 aromatic heterocycles. The van der Waals surface area contributed by atoms with Crippen molar-refractivity contribution in [2.45, 2.75) is 32.6 Å². The molecular formula is C25H30FN3O3. The van der Waals surface area contributed by atoms with Crippen LogP contribution in [0.3, 0.4) is 0 Å². The molecule has 0 unspecified atom stereocenters. The van der Waals surface area contributed by atoms with Crippen LogP contribution in [0, 0.1) is 5.82 Å². The standard InChI is InChI=1S/C25H30FN3O3/c1-4-32-23-13-12-19(16-24(23)31-3)25(30)29(2)14-7-5-6-11-21-17-22(28-27-21)18-9-8-10-20(26)15-18/h8-10,12-13,15-17H,4-7,11,14H2,1-3H3,(H,27,28). The summed E-state index contributed by atoms with van der Waals surface area (Å²) in [7, 11) is 3.38. The van der Waals surface area contributed by atoms with E-state index in [1.807, 2.05) is 26.1 Å². The van der Waals surface area contributed by atoms with Gasteiger partial charge in [0.1, 0.15) is 5.82 Å². The lowest BCUT2D eigenvalue weighted by molar-refractivity contribution is 0.0792. The maximum atomic E-state index is 13.4. The first-order valence-corrected chi connectivity index (χ1v) is 10.9. The van der Waals surface area contributed by atoms with E-state index >= 15 is 0 Å². The van der Waals surface area contributed by atoms with E-state index in [1.165, 1.54) is 12.1 Å². The fraction of sp³-hybridized carbons (Fsp3) is 0.360. The molecule has 0 saturated carbocycles. The number of aryl methyl sites for hydroxylation is 1. The summed E-state index contributed by atoms with van der Waals surface area (Å²) in [5.41, 5.74) is 3.11. The van der Waals surface area contributed by atoms with Gasteiger partial charge in [0.2, 0.25) is 0 Å². The topological polar surface area (TPSA) is 67.5 Å². The number of carbonyl (C=O) groups is 1. The number of aromatic nitrogens is 2.